The van der Waals surface area contributed by atoms with Gasteiger partial charge in [-0.3, -0.25) is 4.79 Å². The number of hydrogen-bond donors (Lipinski definition) is 7. The minimum absolute atomic E-state index is 0.0219. The summed E-state index contributed by atoms with van der Waals surface area (Å²) in [5.74, 6) is -0.568. The molecule has 0 aliphatic carbocycles. The van der Waals surface area contributed by atoms with Crippen molar-refractivity contribution in [1.29, 1.82) is 0 Å². The van der Waals surface area contributed by atoms with E-state index >= 15 is 0 Å². The molecule has 282 valence electrons. The minimum Gasteiger partial charge on any atom is -0.458 e. The van der Waals surface area contributed by atoms with E-state index in [2.05, 4.69) is 55.5 Å². The highest BCUT2D eigenvalue weighted by atomic mass is 16.7. The number of aliphatic hydroxyl groups excluding tert-OH is 7. The molecule has 0 saturated carbocycles. The van der Waals surface area contributed by atoms with Gasteiger partial charge in [-0.25, -0.2) is 0 Å². The van der Waals surface area contributed by atoms with Gasteiger partial charge in [0.15, 0.2) is 12.6 Å². The van der Waals surface area contributed by atoms with Crippen molar-refractivity contribution in [2.75, 3.05) is 33.0 Å². The minimum atomic E-state index is -1.71. The van der Waals surface area contributed by atoms with E-state index in [9.17, 15) is 40.5 Å². The standard InChI is InChI=1S/C35H58O14/c1-3-4-5-6-7-8-9-10-11-12-13-14-15-16-17-18-19-44-21-25(47-24(2)37)22-45-34-33(43)31(41)29(39)27(49-34)23-46-35-32(42)30(40)28(38)26(20-36)48-35/h4-5,7-8,10-11,13-14,25-36,38-43H,3,6,9,12,15-23H2,1-2H3/b5-4-,8-7-,11-10-,14-13-. The van der Waals surface area contributed by atoms with Gasteiger partial charge in [-0.1, -0.05) is 62.0 Å². The zero-order chi connectivity index (χ0) is 36.0. The first-order valence-electron chi connectivity index (χ1n) is 17.2. The van der Waals surface area contributed by atoms with Crippen molar-refractivity contribution in [3.05, 3.63) is 48.6 Å². The van der Waals surface area contributed by atoms with E-state index in [1.165, 1.54) is 6.92 Å². The van der Waals surface area contributed by atoms with Crippen LogP contribution < -0.4 is 0 Å². The number of aliphatic hydroxyl groups is 7. The average molecular weight is 703 g/mol. The molecule has 11 atom stereocenters. The molecule has 0 spiro atoms. The molecule has 7 N–H and O–H groups in total. The van der Waals surface area contributed by atoms with Crippen molar-refractivity contribution in [2.45, 2.75) is 133 Å². The molecule has 2 aliphatic heterocycles. The Hall–Kier alpha value is -2.05. The van der Waals surface area contributed by atoms with Crippen molar-refractivity contribution in [1.82, 2.24) is 0 Å². The zero-order valence-corrected chi connectivity index (χ0v) is 28.7. The second-order valence-corrected chi connectivity index (χ2v) is 12.0. The van der Waals surface area contributed by atoms with E-state index < -0.39 is 86.7 Å². The van der Waals surface area contributed by atoms with Gasteiger partial charge >= 0.3 is 5.97 Å². The Balaban J connectivity index is 1.69. The molecule has 0 aromatic heterocycles. The Morgan fingerprint density at radius 3 is 1.82 bits per heavy atom. The van der Waals surface area contributed by atoms with E-state index in [1.54, 1.807) is 0 Å². The number of carbonyl (C=O) groups excluding carboxylic acids is 1. The molecular weight excluding hydrogens is 644 g/mol. The molecule has 2 fully saturated rings. The molecule has 0 bridgehead atoms. The monoisotopic (exact) mass is 702 g/mol. The maximum atomic E-state index is 11.7. The molecule has 2 aliphatic rings. The van der Waals surface area contributed by atoms with Crippen LogP contribution in [0.4, 0.5) is 0 Å². The molecule has 14 nitrogen and oxygen atoms in total. The lowest BCUT2D eigenvalue weighted by molar-refractivity contribution is -0.332. The van der Waals surface area contributed by atoms with E-state index in [4.69, 9.17) is 28.4 Å². The Labute approximate surface area is 289 Å². The van der Waals surface area contributed by atoms with Crippen molar-refractivity contribution in [3.8, 4) is 0 Å². The van der Waals surface area contributed by atoms with Gasteiger partial charge in [-0.2, -0.15) is 0 Å². The lowest BCUT2D eigenvalue weighted by Crippen LogP contribution is -2.61. The van der Waals surface area contributed by atoms with Crippen molar-refractivity contribution < 1.29 is 69.0 Å². The van der Waals surface area contributed by atoms with Crippen molar-refractivity contribution >= 4 is 5.97 Å². The summed E-state index contributed by atoms with van der Waals surface area (Å²) in [5.41, 5.74) is 0. The third kappa shape index (κ3) is 16.2. The molecule has 2 saturated heterocycles. The second kappa shape index (κ2) is 25.0. The predicted molar refractivity (Wildman–Crippen MR) is 178 cm³/mol. The molecular formula is C35H58O14. The van der Waals surface area contributed by atoms with Crippen LogP contribution >= 0.6 is 0 Å². The maximum Gasteiger partial charge on any atom is 0.303 e. The topological polar surface area (TPSA) is 214 Å². The highest BCUT2D eigenvalue weighted by molar-refractivity contribution is 5.66. The molecule has 0 amide bonds. The summed E-state index contributed by atoms with van der Waals surface area (Å²) in [5, 5.41) is 70.7. The highest BCUT2D eigenvalue weighted by Gasteiger charge is 2.47. The molecule has 0 radical (unpaired) electrons. The van der Waals surface area contributed by atoms with Crippen LogP contribution in [0.3, 0.4) is 0 Å². The van der Waals surface area contributed by atoms with Crippen LogP contribution in [0, 0.1) is 0 Å². The number of carbonyl (C=O) groups is 1. The highest BCUT2D eigenvalue weighted by Crippen LogP contribution is 2.26. The smallest absolute Gasteiger partial charge is 0.303 e. The molecule has 49 heavy (non-hydrogen) atoms. The van der Waals surface area contributed by atoms with E-state index in [0.29, 0.717) is 6.61 Å². The molecule has 0 aromatic carbocycles. The van der Waals surface area contributed by atoms with Gasteiger partial charge in [0.1, 0.15) is 54.9 Å². The molecule has 0 aromatic rings. The molecule has 14 heteroatoms. The lowest BCUT2D eigenvalue weighted by Gasteiger charge is -2.42. The number of rotatable bonds is 23. The van der Waals surface area contributed by atoms with Crippen LogP contribution in [0.15, 0.2) is 48.6 Å². The Morgan fingerprint density at radius 1 is 0.673 bits per heavy atom. The van der Waals surface area contributed by atoms with E-state index in [-0.39, 0.29) is 13.2 Å². The average Bonchev–Trinajstić information content (AvgIpc) is 3.08. The van der Waals surface area contributed by atoms with Gasteiger partial charge in [0.2, 0.25) is 0 Å². The van der Waals surface area contributed by atoms with Gasteiger partial charge in [0.05, 0.1) is 26.4 Å². The normalized spacial score (nSPS) is 31.8. The number of ether oxygens (including phenoxy) is 6. The van der Waals surface area contributed by atoms with Gasteiger partial charge in [-0.15, -0.1) is 0 Å². The van der Waals surface area contributed by atoms with Gasteiger partial charge < -0.3 is 64.2 Å². The van der Waals surface area contributed by atoms with Crippen LogP contribution in [0.1, 0.15) is 65.2 Å². The first-order valence-corrected chi connectivity index (χ1v) is 17.2. The van der Waals surface area contributed by atoms with Gasteiger partial charge in [0, 0.05) is 13.5 Å². The summed E-state index contributed by atoms with van der Waals surface area (Å²) in [6, 6.07) is 0. The Morgan fingerprint density at radius 2 is 1.22 bits per heavy atom. The fourth-order valence-electron chi connectivity index (χ4n) is 5.10. The van der Waals surface area contributed by atoms with Gasteiger partial charge in [0.25, 0.3) is 0 Å². The fourth-order valence-corrected chi connectivity index (χ4v) is 5.10. The quantitative estimate of drug-likeness (QED) is 0.0449. The summed E-state index contributed by atoms with van der Waals surface area (Å²) in [4.78, 5) is 11.7. The van der Waals surface area contributed by atoms with Crippen LogP contribution in [0.25, 0.3) is 0 Å². The number of esters is 1. The molecule has 11 unspecified atom stereocenters. The first-order chi connectivity index (χ1) is 23.6. The second-order valence-electron chi connectivity index (χ2n) is 12.0. The third-order valence-electron chi connectivity index (χ3n) is 7.90. The predicted octanol–water partition coefficient (Wildman–Crippen LogP) is 0.941. The van der Waals surface area contributed by atoms with Crippen LogP contribution in [-0.2, 0) is 33.2 Å². The maximum absolute atomic E-state index is 11.7. The summed E-state index contributed by atoms with van der Waals surface area (Å²) in [6.07, 6.45) is 8.76. The summed E-state index contributed by atoms with van der Waals surface area (Å²) < 4.78 is 32.9. The number of allylic oxidation sites excluding steroid dienone is 8. The van der Waals surface area contributed by atoms with Gasteiger partial charge in [-0.05, 0) is 44.9 Å². The van der Waals surface area contributed by atoms with E-state index in [0.717, 1.165) is 51.4 Å². The lowest BCUT2D eigenvalue weighted by atomic mass is 9.98. The Kier molecular flexibility index (Phi) is 22.0. The largest absolute Gasteiger partial charge is 0.458 e. The van der Waals surface area contributed by atoms with Crippen molar-refractivity contribution in [3.63, 3.8) is 0 Å². The van der Waals surface area contributed by atoms with E-state index in [1.807, 2.05) is 0 Å². The number of unbranched alkanes of at least 4 members (excludes halogenated alkanes) is 3. The zero-order valence-electron chi connectivity index (χ0n) is 28.7. The summed E-state index contributed by atoms with van der Waals surface area (Å²) in [7, 11) is 0. The SMILES string of the molecule is CC/C=C\C/C=C\C/C=C\C/C=C\CCCCCOCC(COC1OC(COC2OC(CO)C(O)C(O)C2O)C(O)C(O)C1O)OC(C)=O. The number of hydrogen-bond acceptors (Lipinski definition) is 14. The Bertz CT molecular complexity index is 1000. The molecule has 2 heterocycles. The fraction of sp³-hybridized carbons (Fsp3) is 0.743. The third-order valence-corrected chi connectivity index (χ3v) is 7.90. The summed E-state index contributed by atoms with van der Waals surface area (Å²) in [6.45, 7) is 2.42. The van der Waals surface area contributed by atoms with Crippen LogP contribution in [0.2, 0.25) is 0 Å². The van der Waals surface area contributed by atoms with Crippen LogP contribution in [-0.4, -0.2) is 142 Å². The van der Waals surface area contributed by atoms with Crippen molar-refractivity contribution in [2.24, 2.45) is 0 Å². The summed E-state index contributed by atoms with van der Waals surface area (Å²) >= 11 is 0. The van der Waals surface area contributed by atoms with Crippen LogP contribution in [0.5, 0.6) is 0 Å². The molecule has 2 rings (SSSR count). The first kappa shape index (κ1) is 43.1.